The fourth-order valence-electron chi connectivity index (χ4n) is 2.24. The largest absolute Gasteiger partial charge is 0.357 e. The van der Waals surface area contributed by atoms with Gasteiger partial charge in [0.2, 0.25) is 0 Å². The zero-order chi connectivity index (χ0) is 15.0. The van der Waals surface area contributed by atoms with Gasteiger partial charge >= 0.3 is 0 Å². The number of hydrogen-bond acceptors (Lipinski definition) is 2. The average Bonchev–Trinajstić information content (AvgIpc) is 2.77. The van der Waals surface area contributed by atoms with Crippen molar-refractivity contribution in [2.24, 2.45) is 12.0 Å². The lowest BCUT2D eigenvalue weighted by molar-refractivity contribution is 0.703. The van der Waals surface area contributed by atoms with E-state index in [0.29, 0.717) is 13.1 Å². The van der Waals surface area contributed by atoms with Gasteiger partial charge in [0.05, 0.1) is 12.2 Å². The van der Waals surface area contributed by atoms with Gasteiger partial charge < -0.3 is 10.6 Å². The van der Waals surface area contributed by atoms with Gasteiger partial charge in [-0.15, -0.1) is 6.58 Å². The van der Waals surface area contributed by atoms with E-state index in [1.807, 2.05) is 17.8 Å². The van der Waals surface area contributed by atoms with Crippen molar-refractivity contribution in [2.45, 2.75) is 40.2 Å². The predicted octanol–water partition coefficient (Wildman–Crippen LogP) is 1.79. The molecule has 0 aliphatic rings. The van der Waals surface area contributed by atoms with Gasteiger partial charge in [-0.1, -0.05) is 19.9 Å². The number of rotatable bonds is 7. The van der Waals surface area contributed by atoms with Crippen LogP contribution in [0.25, 0.3) is 0 Å². The lowest BCUT2D eigenvalue weighted by atomic mass is 10.1. The maximum absolute atomic E-state index is 4.65. The summed E-state index contributed by atoms with van der Waals surface area (Å²) in [6.07, 6.45) is 3.74. The van der Waals surface area contributed by atoms with E-state index in [-0.39, 0.29) is 0 Å². The smallest absolute Gasteiger partial charge is 0.191 e. The third-order valence-electron chi connectivity index (χ3n) is 3.18. The Morgan fingerprint density at radius 1 is 1.30 bits per heavy atom. The Bertz CT molecular complexity index is 459. The molecule has 5 heteroatoms. The Kier molecular flexibility index (Phi) is 6.84. The molecule has 0 saturated carbocycles. The summed E-state index contributed by atoms with van der Waals surface area (Å²) < 4.78 is 1.98. The van der Waals surface area contributed by atoms with Gasteiger partial charge in [0.25, 0.3) is 0 Å². The molecule has 1 aromatic heterocycles. The van der Waals surface area contributed by atoms with E-state index in [9.17, 15) is 0 Å². The first-order valence-corrected chi connectivity index (χ1v) is 7.34. The predicted molar refractivity (Wildman–Crippen MR) is 85.0 cm³/mol. The molecule has 0 fully saturated rings. The van der Waals surface area contributed by atoms with Crippen molar-refractivity contribution in [1.82, 2.24) is 20.4 Å². The van der Waals surface area contributed by atoms with Gasteiger partial charge in [-0.25, -0.2) is 4.99 Å². The van der Waals surface area contributed by atoms with Gasteiger partial charge in [-0.3, -0.25) is 4.68 Å². The molecule has 0 amide bonds. The second kappa shape index (κ2) is 8.40. The van der Waals surface area contributed by atoms with E-state index in [4.69, 9.17) is 0 Å². The third kappa shape index (κ3) is 4.11. The van der Waals surface area contributed by atoms with Crippen LogP contribution in [0, 0.1) is 0 Å². The van der Waals surface area contributed by atoms with Gasteiger partial charge in [-0.05, 0) is 19.8 Å². The molecule has 1 heterocycles. The van der Waals surface area contributed by atoms with Crippen LogP contribution in [0.1, 0.15) is 37.7 Å². The van der Waals surface area contributed by atoms with E-state index in [2.05, 4.69) is 48.1 Å². The van der Waals surface area contributed by atoms with Crippen LogP contribution in [0.3, 0.4) is 0 Å². The van der Waals surface area contributed by atoms with Crippen LogP contribution in [-0.2, 0) is 26.4 Å². The number of aromatic nitrogens is 2. The third-order valence-corrected chi connectivity index (χ3v) is 3.18. The fourth-order valence-corrected chi connectivity index (χ4v) is 2.24. The Balaban J connectivity index is 2.91. The highest BCUT2D eigenvalue weighted by Crippen LogP contribution is 2.16. The minimum absolute atomic E-state index is 0.659. The number of nitrogens with zero attached hydrogens (tertiary/aromatic N) is 3. The monoisotopic (exact) mass is 277 g/mol. The number of aliphatic imine (C=N–C) groups is 1. The maximum atomic E-state index is 4.65. The molecule has 0 spiro atoms. The van der Waals surface area contributed by atoms with E-state index < -0.39 is 0 Å². The van der Waals surface area contributed by atoms with Crippen molar-refractivity contribution in [2.75, 3.05) is 13.1 Å². The SMILES string of the molecule is C=CCNC(=NCc1c(CC)nn(C)c1CC)NCC. The van der Waals surface area contributed by atoms with E-state index in [1.165, 1.54) is 11.3 Å². The van der Waals surface area contributed by atoms with E-state index in [0.717, 1.165) is 31.0 Å². The average molecular weight is 277 g/mol. The van der Waals surface area contributed by atoms with Crippen LogP contribution < -0.4 is 10.6 Å². The van der Waals surface area contributed by atoms with Crippen molar-refractivity contribution in [3.8, 4) is 0 Å². The van der Waals surface area contributed by atoms with Crippen LogP contribution in [-0.4, -0.2) is 28.8 Å². The van der Waals surface area contributed by atoms with Crippen molar-refractivity contribution in [3.05, 3.63) is 29.6 Å². The minimum Gasteiger partial charge on any atom is -0.357 e. The summed E-state index contributed by atoms with van der Waals surface area (Å²) in [5.74, 6) is 0.820. The molecule has 0 unspecified atom stereocenters. The van der Waals surface area contributed by atoms with Crippen LogP contribution in [0.4, 0.5) is 0 Å². The number of hydrogen-bond donors (Lipinski definition) is 2. The number of guanidine groups is 1. The topological polar surface area (TPSA) is 54.2 Å². The Labute approximate surface area is 122 Å². The molecule has 0 aromatic carbocycles. The number of aryl methyl sites for hydroxylation is 2. The molecule has 2 N–H and O–H groups in total. The van der Waals surface area contributed by atoms with Crippen LogP contribution in [0.5, 0.6) is 0 Å². The maximum Gasteiger partial charge on any atom is 0.191 e. The molecule has 1 aromatic rings. The fraction of sp³-hybridized carbons (Fsp3) is 0.600. The number of nitrogens with one attached hydrogen (secondary N) is 2. The molecule has 0 atom stereocenters. The highest BCUT2D eigenvalue weighted by molar-refractivity contribution is 5.79. The van der Waals surface area contributed by atoms with Gasteiger partial charge in [0, 0.05) is 31.4 Å². The molecule has 20 heavy (non-hydrogen) atoms. The molecular weight excluding hydrogens is 250 g/mol. The van der Waals surface area contributed by atoms with Gasteiger partial charge in [-0.2, -0.15) is 5.10 Å². The quantitative estimate of drug-likeness (QED) is 0.454. The highest BCUT2D eigenvalue weighted by Gasteiger charge is 2.13. The molecule has 112 valence electrons. The summed E-state index contributed by atoms with van der Waals surface area (Å²) in [7, 11) is 2.01. The summed E-state index contributed by atoms with van der Waals surface area (Å²) in [4.78, 5) is 4.65. The molecule has 0 saturated heterocycles. The normalized spacial score (nSPS) is 11.5. The minimum atomic E-state index is 0.659. The summed E-state index contributed by atoms with van der Waals surface area (Å²) in [5, 5.41) is 11.0. The zero-order valence-electron chi connectivity index (χ0n) is 13.2. The lowest BCUT2D eigenvalue weighted by Crippen LogP contribution is -2.37. The highest BCUT2D eigenvalue weighted by atomic mass is 15.3. The summed E-state index contributed by atoms with van der Waals surface area (Å²) in [5.41, 5.74) is 3.67. The Morgan fingerprint density at radius 3 is 2.60 bits per heavy atom. The second-order valence-corrected chi connectivity index (χ2v) is 4.57. The van der Waals surface area contributed by atoms with Gasteiger partial charge in [0.15, 0.2) is 5.96 Å². The van der Waals surface area contributed by atoms with Crippen molar-refractivity contribution in [3.63, 3.8) is 0 Å². The van der Waals surface area contributed by atoms with E-state index >= 15 is 0 Å². The molecule has 0 bridgehead atoms. The molecule has 0 radical (unpaired) electrons. The van der Waals surface area contributed by atoms with E-state index in [1.54, 1.807) is 0 Å². The summed E-state index contributed by atoms with van der Waals surface area (Å²) in [6, 6.07) is 0. The lowest BCUT2D eigenvalue weighted by Gasteiger charge is -2.10. The molecule has 1 rings (SSSR count). The standard InChI is InChI=1S/C15H27N5/c1-6-10-17-15(16-9-4)18-11-12-13(7-2)19-20(5)14(12)8-3/h6H,1,7-11H2,2-5H3,(H2,16,17,18). The first-order chi connectivity index (χ1) is 9.67. The Hall–Kier alpha value is -1.78. The van der Waals surface area contributed by atoms with Gasteiger partial charge in [0.1, 0.15) is 0 Å². The summed E-state index contributed by atoms with van der Waals surface area (Å²) in [6.45, 7) is 12.3. The molecular formula is C15H27N5. The first-order valence-electron chi connectivity index (χ1n) is 7.34. The zero-order valence-corrected chi connectivity index (χ0v) is 13.2. The van der Waals surface area contributed by atoms with Crippen molar-refractivity contribution >= 4 is 5.96 Å². The van der Waals surface area contributed by atoms with Crippen molar-refractivity contribution < 1.29 is 0 Å². The Morgan fingerprint density at radius 2 is 2.05 bits per heavy atom. The van der Waals surface area contributed by atoms with Crippen LogP contribution >= 0.6 is 0 Å². The van der Waals surface area contributed by atoms with Crippen molar-refractivity contribution in [1.29, 1.82) is 0 Å². The second-order valence-electron chi connectivity index (χ2n) is 4.57. The summed E-state index contributed by atoms with van der Waals surface area (Å²) >= 11 is 0. The van der Waals surface area contributed by atoms with Crippen LogP contribution in [0.2, 0.25) is 0 Å². The molecule has 0 aliphatic carbocycles. The molecule has 5 nitrogen and oxygen atoms in total. The van der Waals surface area contributed by atoms with Crippen LogP contribution in [0.15, 0.2) is 17.6 Å². The first kappa shape index (κ1) is 16.3. The molecule has 0 aliphatic heterocycles.